The molecule has 1 unspecified atom stereocenters. The molecule has 1 amide bonds. The maximum atomic E-state index is 13.6. The lowest BCUT2D eigenvalue weighted by atomic mass is 10.1. The third kappa shape index (κ3) is 5.23. The second kappa shape index (κ2) is 10.7. The average molecular weight is 481 g/mol. The number of nitrogens with zero attached hydrogens (tertiary/aromatic N) is 4. The molecule has 0 spiro atoms. The molecule has 4 rings (SSSR count). The van der Waals surface area contributed by atoms with Gasteiger partial charge in [-0.2, -0.15) is 0 Å². The molecule has 3 heterocycles. The van der Waals surface area contributed by atoms with Gasteiger partial charge < -0.3 is 19.9 Å². The van der Waals surface area contributed by atoms with Crippen LogP contribution in [0.3, 0.4) is 0 Å². The van der Waals surface area contributed by atoms with E-state index in [-0.39, 0.29) is 43.1 Å². The molecular weight excluding hydrogens is 448 g/mol. The molecule has 1 aromatic carbocycles. The number of hydrogen-bond acceptors (Lipinski definition) is 6. The van der Waals surface area contributed by atoms with Crippen LogP contribution in [-0.2, 0) is 22.6 Å². The number of carbonyl (C=O) groups is 1. The number of benzene rings is 1. The highest BCUT2D eigenvalue weighted by Gasteiger charge is 2.29. The zero-order valence-corrected chi connectivity index (χ0v) is 20.1. The van der Waals surface area contributed by atoms with E-state index in [9.17, 15) is 14.4 Å². The molecule has 1 atom stereocenters. The minimum atomic E-state index is -0.678. The molecule has 1 aliphatic rings. The van der Waals surface area contributed by atoms with Crippen molar-refractivity contribution in [3.8, 4) is 0 Å². The summed E-state index contributed by atoms with van der Waals surface area (Å²) in [6, 6.07) is 13.4. The highest BCUT2D eigenvalue weighted by molar-refractivity contribution is 5.96. The maximum Gasteiger partial charge on any atom is 0.330 e. The number of aromatic amines is 1. The van der Waals surface area contributed by atoms with Gasteiger partial charge in [0.1, 0.15) is 5.82 Å². The molecule has 0 radical (unpaired) electrons. The predicted octanol–water partition coefficient (Wildman–Crippen LogP) is 1.41. The SMILES string of the molecule is COCCCN(C(=O)CN1CCn2cccc2C1C)c1c(N)n(Cc2ccccc2)c(=O)[nH]c1=O. The Hall–Kier alpha value is -3.63. The first-order valence-electron chi connectivity index (χ1n) is 11.8. The van der Waals surface area contributed by atoms with Crippen molar-refractivity contribution in [3.05, 3.63) is 80.8 Å². The van der Waals surface area contributed by atoms with Crippen LogP contribution in [0.5, 0.6) is 0 Å². The van der Waals surface area contributed by atoms with E-state index in [0.717, 1.165) is 17.8 Å². The Balaban J connectivity index is 1.65. The molecule has 0 saturated carbocycles. The van der Waals surface area contributed by atoms with Crippen molar-refractivity contribution in [1.29, 1.82) is 0 Å². The summed E-state index contributed by atoms with van der Waals surface area (Å²) in [4.78, 5) is 45.0. The molecule has 2 aromatic heterocycles. The second-order valence-electron chi connectivity index (χ2n) is 8.73. The molecule has 35 heavy (non-hydrogen) atoms. The fraction of sp³-hybridized carbons (Fsp3) is 0.400. The lowest BCUT2D eigenvalue weighted by molar-refractivity contribution is -0.120. The number of ether oxygens (including phenoxy) is 1. The molecule has 0 saturated heterocycles. The molecular formula is C25H32N6O4. The molecule has 3 aromatic rings. The minimum absolute atomic E-state index is 0.00493. The number of fused-ring (bicyclic) bond motifs is 1. The zero-order valence-electron chi connectivity index (χ0n) is 20.1. The summed E-state index contributed by atoms with van der Waals surface area (Å²) in [5, 5.41) is 0. The summed E-state index contributed by atoms with van der Waals surface area (Å²) in [6.45, 7) is 4.51. The number of methoxy groups -OCH3 is 1. The Kier molecular flexibility index (Phi) is 7.52. The zero-order chi connectivity index (χ0) is 24.9. The monoisotopic (exact) mass is 480 g/mol. The van der Waals surface area contributed by atoms with Crippen LogP contribution in [0.4, 0.5) is 11.5 Å². The van der Waals surface area contributed by atoms with E-state index in [1.54, 1.807) is 7.11 Å². The van der Waals surface area contributed by atoms with E-state index in [4.69, 9.17) is 10.5 Å². The third-order valence-electron chi connectivity index (χ3n) is 6.51. The molecule has 10 heteroatoms. The van der Waals surface area contributed by atoms with E-state index in [0.29, 0.717) is 19.6 Å². The van der Waals surface area contributed by atoms with E-state index in [1.165, 1.54) is 9.47 Å². The lowest BCUT2D eigenvalue weighted by Crippen LogP contribution is -2.48. The van der Waals surface area contributed by atoms with Crippen LogP contribution in [-0.4, -0.2) is 58.3 Å². The van der Waals surface area contributed by atoms with E-state index < -0.39 is 11.2 Å². The molecule has 186 valence electrons. The summed E-state index contributed by atoms with van der Waals surface area (Å²) in [6.07, 6.45) is 2.55. The number of nitrogens with two attached hydrogens (primary N) is 1. The first kappa shape index (κ1) is 24.5. The van der Waals surface area contributed by atoms with Crippen LogP contribution < -0.4 is 21.9 Å². The number of anilines is 2. The number of amides is 1. The highest BCUT2D eigenvalue weighted by Crippen LogP contribution is 2.26. The predicted molar refractivity (Wildman–Crippen MR) is 135 cm³/mol. The first-order valence-corrected chi connectivity index (χ1v) is 11.8. The second-order valence-corrected chi connectivity index (χ2v) is 8.73. The fourth-order valence-corrected chi connectivity index (χ4v) is 4.59. The number of nitrogen functional groups attached to an aromatic ring is 1. The number of hydrogen-bond donors (Lipinski definition) is 2. The van der Waals surface area contributed by atoms with Gasteiger partial charge in [0.2, 0.25) is 5.91 Å². The number of aromatic nitrogens is 3. The van der Waals surface area contributed by atoms with Crippen LogP contribution in [0.25, 0.3) is 0 Å². The van der Waals surface area contributed by atoms with Gasteiger partial charge in [0.05, 0.1) is 13.1 Å². The van der Waals surface area contributed by atoms with Gasteiger partial charge in [-0.1, -0.05) is 30.3 Å². The van der Waals surface area contributed by atoms with Gasteiger partial charge >= 0.3 is 5.69 Å². The minimum Gasteiger partial charge on any atom is -0.385 e. The molecule has 1 aliphatic heterocycles. The number of nitrogens with one attached hydrogen (secondary N) is 1. The van der Waals surface area contributed by atoms with Crippen molar-refractivity contribution in [2.45, 2.75) is 32.5 Å². The van der Waals surface area contributed by atoms with E-state index in [1.807, 2.05) is 42.6 Å². The Morgan fingerprint density at radius 3 is 2.69 bits per heavy atom. The topological polar surface area (TPSA) is 119 Å². The van der Waals surface area contributed by atoms with Crippen molar-refractivity contribution in [1.82, 2.24) is 19.0 Å². The average Bonchev–Trinajstić information content (AvgIpc) is 3.33. The smallest absolute Gasteiger partial charge is 0.330 e. The molecule has 10 nitrogen and oxygen atoms in total. The van der Waals surface area contributed by atoms with Gasteiger partial charge in [-0.05, 0) is 31.0 Å². The number of carbonyl (C=O) groups excluding carboxylic acids is 1. The standard InChI is InChI=1S/C25H32N6O4/c1-18-20-10-6-11-28(20)13-14-29(18)17-21(32)30(12-7-15-35-2)22-23(26)31(25(34)27-24(22)33)16-19-8-4-3-5-9-19/h3-6,8-11,18H,7,12-17,26H2,1-2H3,(H,27,33,34). The summed E-state index contributed by atoms with van der Waals surface area (Å²) in [5.74, 6) is -0.288. The van der Waals surface area contributed by atoms with E-state index in [2.05, 4.69) is 27.4 Å². The van der Waals surface area contributed by atoms with Gasteiger partial charge in [0, 0.05) is 51.3 Å². The normalized spacial score (nSPS) is 15.7. The molecule has 0 aliphatic carbocycles. The number of rotatable bonds is 9. The molecule has 3 N–H and O–H groups in total. The maximum absolute atomic E-state index is 13.6. The fourth-order valence-electron chi connectivity index (χ4n) is 4.59. The quantitative estimate of drug-likeness (QED) is 0.447. The first-order chi connectivity index (χ1) is 16.9. The van der Waals surface area contributed by atoms with Crippen LogP contribution in [0.2, 0.25) is 0 Å². The van der Waals surface area contributed by atoms with Crippen molar-refractivity contribution >= 4 is 17.4 Å². The van der Waals surface area contributed by atoms with Crippen LogP contribution >= 0.6 is 0 Å². The van der Waals surface area contributed by atoms with Crippen molar-refractivity contribution in [2.75, 3.05) is 44.0 Å². The lowest BCUT2D eigenvalue weighted by Gasteiger charge is -2.35. The summed E-state index contributed by atoms with van der Waals surface area (Å²) >= 11 is 0. The van der Waals surface area contributed by atoms with Crippen LogP contribution in [0.1, 0.15) is 30.6 Å². The molecule has 0 fully saturated rings. The third-order valence-corrected chi connectivity index (χ3v) is 6.51. The van der Waals surface area contributed by atoms with Crippen molar-refractivity contribution in [2.24, 2.45) is 0 Å². The summed E-state index contributed by atoms with van der Waals surface area (Å²) in [7, 11) is 1.58. The summed E-state index contributed by atoms with van der Waals surface area (Å²) < 4.78 is 8.64. The van der Waals surface area contributed by atoms with Gasteiger partial charge in [-0.25, -0.2) is 4.79 Å². The van der Waals surface area contributed by atoms with Crippen molar-refractivity contribution in [3.63, 3.8) is 0 Å². The van der Waals surface area contributed by atoms with Gasteiger partial charge in [-0.15, -0.1) is 0 Å². The largest absolute Gasteiger partial charge is 0.385 e. The van der Waals surface area contributed by atoms with E-state index >= 15 is 0 Å². The Labute approximate surface area is 203 Å². The van der Waals surface area contributed by atoms with Gasteiger partial charge in [0.25, 0.3) is 5.56 Å². The van der Waals surface area contributed by atoms with Crippen molar-refractivity contribution < 1.29 is 9.53 Å². The van der Waals surface area contributed by atoms with Gasteiger partial charge in [-0.3, -0.25) is 24.0 Å². The number of H-pyrrole nitrogens is 1. The Bertz CT molecular complexity index is 1280. The van der Waals surface area contributed by atoms with Crippen LogP contribution in [0, 0.1) is 0 Å². The van der Waals surface area contributed by atoms with Crippen LogP contribution in [0.15, 0.2) is 58.3 Å². The molecule has 0 bridgehead atoms. The summed E-state index contributed by atoms with van der Waals surface area (Å²) in [5.41, 5.74) is 7.08. The highest BCUT2D eigenvalue weighted by atomic mass is 16.5. The Morgan fingerprint density at radius 2 is 1.94 bits per heavy atom. The van der Waals surface area contributed by atoms with Gasteiger partial charge in [0.15, 0.2) is 5.69 Å². The Morgan fingerprint density at radius 1 is 1.17 bits per heavy atom.